The lowest BCUT2D eigenvalue weighted by Gasteiger charge is -2.29. The highest BCUT2D eigenvalue weighted by molar-refractivity contribution is 6.05. The number of imide groups is 1. The second-order valence-electron chi connectivity index (χ2n) is 7.85. The fourth-order valence-corrected chi connectivity index (χ4v) is 4.48. The van der Waals surface area contributed by atoms with Crippen LogP contribution in [0.5, 0.6) is 0 Å². The highest BCUT2D eigenvalue weighted by Gasteiger charge is 2.39. The second-order valence-corrected chi connectivity index (χ2v) is 7.85. The van der Waals surface area contributed by atoms with Gasteiger partial charge < -0.3 is 16.0 Å². The highest BCUT2D eigenvalue weighted by atomic mass is 16.2. The lowest BCUT2D eigenvalue weighted by molar-refractivity contribution is -0.136. The fourth-order valence-electron chi connectivity index (χ4n) is 4.48. The van der Waals surface area contributed by atoms with Crippen LogP contribution >= 0.6 is 0 Å². The van der Waals surface area contributed by atoms with Crippen molar-refractivity contribution in [2.24, 2.45) is 5.73 Å². The van der Waals surface area contributed by atoms with Gasteiger partial charge in [0.2, 0.25) is 11.8 Å². The van der Waals surface area contributed by atoms with Gasteiger partial charge in [-0.3, -0.25) is 19.7 Å². The van der Waals surface area contributed by atoms with E-state index in [0.717, 1.165) is 36.8 Å². The number of fused-ring (bicyclic) bond motifs is 1. The van der Waals surface area contributed by atoms with Gasteiger partial charge in [0.25, 0.3) is 5.91 Å². The standard InChI is InChI=1S/C20H26N4O3/c21-13-4-2-5-14(9-13)22-10-12-3-1-6-15-16(12)11-24(20(15)27)17-7-8-18(25)23-19(17)26/h1,3,6,13-14,17,22H,2,4-5,7-11,21H2,(H,23,25,26). The average molecular weight is 370 g/mol. The van der Waals surface area contributed by atoms with Crippen LogP contribution in [0.2, 0.25) is 0 Å². The minimum absolute atomic E-state index is 0.124. The van der Waals surface area contributed by atoms with Crippen LogP contribution in [0.4, 0.5) is 0 Å². The van der Waals surface area contributed by atoms with Crippen molar-refractivity contribution >= 4 is 17.7 Å². The number of nitrogens with zero attached hydrogens (tertiary/aromatic N) is 1. The molecule has 3 aliphatic rings. The van der Waals surface area contributed by atoms with Gasteiger partial charge in [-0.15, -0.1) is 0 Å². The van der Waals surface area contributed by atoms with Gasteiger partial charge in [-0.2, -0.15) is 0 Å². The van der Waals surface area contributed by atoms with Gasteiger partial charge in [0.05, 0.1) is 0 Å². The van der Waals surface area contributed by atoms with E-state index < -0.39 is 6.04 Å². The maximum atomic E-state index is 12.8. The average Bonchev–Trinajstić information content (AvgIpc) is 2.97. The molecule has 2 fully saturated rings. The second kappa shape index (κ2) is 7.40. The van der Waals surface area contributed by atoms with Crippen LogP contribution < -0.4 is 16.4 Å². The summed E-state index contributed by atoms with van der Waals surface area (Å²) in [7, 11) is 0. The third-order valence-corrected chi connectivity index (χ3v) is 5.98. The molecule has 1 saturated carbocycles. The normalized spacial score (nSPS) is 28.3. The summed E-state index contributed by atoms with van der Waals surface area (Å²) in [4.78, 5) is 38.0. The molecule has 0 bridgehead atoms. The summed E-state index contributed by atoms with van der Waals surface area (Å²) in [5.41, 5.74) is 8.82. The van der Waals surface area contributed by atoms with Gasteiger partial charge >= 0.3 is 0 Å². The number of nitrogens with two attached hydrogens (primary N) is 1. The molecule has 1 aromatic rings. The first-order valence-electron chi connectivity index (χ1n) is 9.77. The monoisotopic (exact) mass is 370 g/mol. The molecule has 3 atom stereocenters. The summed E-state index contributed by atoms with van der Waals surface area (Å²) < 4.78 is 0. The number of carbonyl (C=O) groups is 3. The molecule has 0 radical (unpaired) electrons. The van der Waals surface area contributed by atoms with E-state index in [-0.39, 0.29) is 30.2 Å². The Morgan fingerprint density at radius 2 is 2.04 bits per heavy atom. The molecule has 2 aliphatic heterocycles. The Bertz CT molecular complexity index is 778. The molecule has 1 saturated heterocycles. The van der Waals surface area contributed by atoms with Crippen molar-refractivity contribution in [3.05, 3.63) is 34.9 Å². The number of piperidine rings is 1. The Morgan fingerprint density at radius 1 is 1.19 bits per heavy atom. The maximum absolute atomic E-state index is 12.8. The summed E-state index contributed by atoms with van der Waals surface area (Å²) in [6.45, 7) is 1.11. The van der Waals surface area contributed by atoms with Gasteiger partial charge in [0, 0.05) is 37.2 Å². The molecule has 7 nitrogen and oxygen atoms in total. The molecule has 4 N–H and O–H groups in total. The summed E-state index contributed by atoms with van der Waals surface area (Å²) in [6, 6.07) is 5.86. The predicted octanol–water partition coefficient (Wildman–Crippen LogP) is 0.807. The summed E-state index contributed by atoms with van der Waals surface area (Å²) in [6.07, 6.45) is 5.01. The van der Waals surface area contributed by atoms with E-state index in [1.54, 1.807) is 4.90 Å². The van der Waals surface area contributed by atoms with Gasteiger partial charge in [-0.1, -0.05) is 18.6 Å². The van der Waals surface area contributed by atoms with Gasteiger partial charge in [0.15, 0.2) is 0 Å². The van der Waals surface area contributed by atoms with Crippen LogP contribution in [0, 0.1) is 0 Å². The minimum atomic E-state index is -0.570. The predicted molar refractivity (Wildman–Crippen MR) is 99.6 cm³/mol. The fraction of sp³-hybridized carbons (Fsp3) is 0.550. The Kier molecular flexibility index (Phi) is 4.97. The number of carbonyl (C=O) groups excluding carboxylic acids is 3. The molecule has 3 unspecified atom stereocenters. The zero-order valence-electron chi connectivity index (χ0n) is 15.4. The van der Waals surface area contributed by atoms with E-state index >= 15 is 0 Å². The Morgan fingerprint density at radius 3 is 2.81 bits per heavy atom. The largest absolute Gasteiger partial charge is 0.328 e. The molecule has 27 heavy (non-hydrogen) atoms. The molecule has 4 rings (SSSR count). The Labute approximate surface area is 158 Å². The molecule has 0 aromatic heterocycles. The Hall–Kier alpha value is -2.25. The van der Waals surface area contributed by atoms with Crippen molar-refractivity contribution in [2.75, 3.05) is 0 Å². The number of benzene rings is 1. The van der Waals surface area contributed by atoms with Crippen molar-refractivity contribution in [1.29, 1.82) is 0 Å². The quantitative estimate of drug-likeness (QED) is 0.680. The SMILES string of the molecule is NC1CCCC(NCc2cccc3c2CN(C2CCC(=O)NC2=O)C3=O)C1. The van der Waals surface area contributed by atoms with Crippen LogP contribution in [-0.4, -0.2) is 40.7 Å². The van der Waals surface area contributed by atoms with E-state index in [9.17, 15) is 14.4 Å². The van der Waals surface area contributed by atoms with Crippen molar-refractivity contribution in [2.45, 2.75) is 69.7 Å². The van der Waals surface area contributed by atoms with Crippen LogP contribution in [0.15, 0.2) is 18.2 Å². The Balaban J connectivity index is 1.47. The molecule has 1 aliphatic carbocycles. The summed E-state index contributed by atoms with van der Waals surface area (Å²) in [5, 5.41) is 5.93. The van der Waals surface area contributed by atoms with E-state index in [1.807, 2.05) is 18.2 Å². The van der Waals surface area contributed by atoms with Crippen molar-refractivity contribution < 1.29 is 14.4 Å². The van der Waals surface area contributed by atoms with Crippen LogP contribution in [0.25, 0.3) is 0 Å². The highest BCUT2D eigenvalue weighted by Crippen LogP contribution is 2.30. The number of amides is 3. The first-order valence-corrected chi connectivity index (χ1v) is 9.77. The van der Waals surface area contributed by atoms with Gasteiger partial charge in [-0.05, 0) is 42.9 Å². The third kappa shape index (κ3) is 3.61. The molecule has 144 valence electrons. The van der Waals surface area contributed by atoms with Crippen LogP contribution in [0.1, 0.15) is 60.0 Å². The van der Waals surface area contributed by atoms with Crippen LogP contribution in [0.3, 0.4) is 0 Å². The van der Waals surface area contributed by atoms with E-state index in [1.165, 1.54) is 0 Å². The first-order chi connectivity index (χ1) is 13.0. The van der Waals surface area contributed by atoms with Crippen molar-refractivity contribution in [1.82, 2.24) is 15.5 Å². The number of rotatable bonds is 4. The zero-order chi connectivity index (χ0) is 19.0. The van der Waals surface area contributed by atoms with Gasteiger partial charge in [-0.25, -0.2) is 0 Å². The maximum Gasteiger partial charge on any atom is 0.255 e. The zero-order valence-corrected chi connectivity index (χ0v) is 15.4. The molecule has 3 amide bonds. The molecule has 7 heteroatoms. The minimum Gasteiger partial charge on any atom is -0.328 e. The van der Waals surface area contributed by atoms with E-state index in [4.69, 9.17) is 5.73 Å². The number of nitrogens with one attached hydrogen (secondary N) is 2. The summed E-state index contributed by atoms with van der Waals surface area (Å²) >= 11 is 0. The van der Waals surface area contributed by atoms with Crippen LogP contribution in [-0.2, 0) is 22.7 Å². The molecule has 1 aromatic carbocycles. The third-order valence-electron chi connectivity index (χ3n) is 5.98. The van der Waals surface area contributed by atoms with Gasteiger partial charge in [0.1, 0.15) is 6.04 Å². The van der Waals surface area contributed by atoms with E-state index in [2.05, 4.69) is 10.6 Å². The first kappa shape index (κ1) is 18.1. The smallest absolute Gasteiger partial charge is 0.255 e. The topological polar surface area (TPSA) is 105 Å². The van der Waals surface area contributed by atoms with Crippen molar-refractivity contribution in [3.8, 4) is 0 Å². The molecular formula is C20H26N4O3. The lowest BCUT2D eigenvalue weighted by atomic mass is 9.91. The summed E-state index contributed by atoms with van der Waals surface area (Å²) in [5.74, 6) is -0.764. The lowest BCUT2D eigenvalue weighted by Crippen LogP contribution is -2.52. The molecule has 2 heterocycles. The number of hydrogen-bond donors (Lipinski definition) is 3. The number of hydrogen-bond acceptors (Lipinski definition) is 5. The van der Waals surface area contributed by atoms with E-state index in [0.29, 0.717) is 31.1 Å². The van der Waals surface area contributed by atoms with Crippen molar-refractivity contribution in [3.63, 3.8) is 0 Å². The molecule has 0 spiro atoms. The molecular weight excluding hydrogens is 344 g/mol.